The highest BCUT2D eigenvalue weighted by Crippen LogP contribution is 2.31. The average molecular weight is 597 g/mol. The standard InChI is InChI=1S/C28H32ClF3N4O3S/c1-19(10-13-24-33-25(27(2,3)34-24)26(37)35-15-7-14-28(31,32)18-35)36(17-20-11-12-22(29)23(30)16-20)40(38,39)21-8-5-4-6-9-21/h4-6,8-9,11-12,16,25H,1,7,10,13-15,17-18H2,2-3H3,(H,33,34)/t25-/m0/s1. The third-order valence-electron chi connectivity index (χ3n) is 7.04. The number of piperidine rings is 1. The smallest absolute Gasteiger partial charge is 0.265 e. The lowest BCUT2D eigenvalue weighted by Gasteiger charge is -2.36. The lowest BCUT2D eigenvalue weighted by atomic mass is 9.94. The number of amidine groups is 1. The molecule has 2 heterocycles. The minimum absolute atomic E-state index is 0.0482. The summed E-state index contributed by atoms with van der Waals surface area (Å²) in [6, 6.07) is 11.1. The Balaban J connectivity index is 1.50. The van der Waals surface area contributed by atoms with Crippen LogP contribution < -0.4 is 5.32 Å². The highest BCUT2D eigenvalue weighted by molar-refractivity contribution is 7.89. The molecule has 1 atom stereocenters. The van der Waals surface area contributed by atoms with Crippen molar-refractivity contribution in [3.05, 3.63) is 77.2 Å². The molecular weight excluding hydrogens is 565 g/mol. The van der Waals surface area contributed by atoms with Crippen LogP contribution in [0.25, 0.3) is 0 Å². The van der Waals surface area contributed by atoms with Crippen molar-refractivity contribution in [1.82, 2.24) is 14.5 Å². The molecule has 0 bridgehead atoms. The van der Waals surface area contributed by atoms with Crippen LogP contribution in [0.4, 0.5) is 13.2 Å². The van der Waals surface area contributed by atoms with Crippen LogP contribution >= 0.6 is 11.6 Å². The molecule has 7 nitrogen and oxygen atoms in total. The van der Waals surface area contributed by atoms with E-state index in [1.54, 1.807) is 32.0 Å². The number of likely N-dealkylation sites (tertiary alicyclic amines) is 1. The van der Waals surface area contributed by atoms with Crippen LogP contribution in [0, 0.1) is 5.82 Å². The van der Waals surface area contributed by atoms with Gasteiger partial charge in [-0.1, -0.05) is 42.4 Å². The van der Waals surface area contributed by atoms with Gasteiger partial charge in [0.1, 0.15) is 11.9 Å². The molecule has 0 aromatic heterocycles. The van der Waals surface area contributed by atoms with Crippen LogP contribution in [0.2, 0.25) is 5.02 Å². The zero-order valence-electron chi connectivity index (χ0n) is 22.3. The second kappa shape index (κ2) is 11.4. The first kappa shape index (κ1) is 29.9. The molecule has 4 rings (SSSR count). The summed E-state index contributed by atoms with van der Waals surface area (Å²) in [5.74, 6) is -3.59. The van der Waals surface area contributed by atoms with E-state index >= 15 is 0 Å². The zero-order chi connectivity index (χ0) is 29.3. The molecule has 1 amide bonds. The Hall–Kier alpha value is -3.05. The predicted molar refractivity (Wildman–Crippen MR) is 148 cm³/mol. The summed E-state index contributed by atoms with van der Waals surface area (Å²) in [4.78, 5) is 19.0. The van der Waals surface area contributed by atoms with Gasteiger partial charge in [-0.15, -0.1) is 0 Å². The molecule has 0 radical (unpaired) electrons. The molecule has 216 valence electrons. The number of carbonyl (C=O) groups is 1. The van der Waals surface area contributed by atoms with E-state index in [1.807, 2.05) is 0 Å². The minimum Gasteiger partial charge on any atom is -0.360 e. The van der Waals surface area contributed by atoms with Crippen molar-refractivity contribution in [2.75, 3.05) is 13.1 Å². The Morgan fingerprint density at radius 3 is 2.58 bits per heavy atom. The molecule has 1 N–H and O–H groups in total. The van der Waals surface area contributed by atoms with E-state index in [4.69, 9.17) is 11.6 Å². The van der Waals surface area contributed by atoms with Crippen LogP contribution in [-0.2, 0) is 21.4 Å². The first-order valence-electron chi connectivity index (χ1n) is 12.9. The van der Waals surface area contributed by atoms with Gasteiger partial charge in [-0.25, -0.2) is 21.6 Å². The highest BCUT2D eigenvalue weighted by atomic mass is 35.5. The topological polar surface area (TPSA) is 82.1 Å². The lowest BCUT2D eigenvalue weighted by molar-refractivity contribution is -0.144. The largest absolute Gasteiger partial charge is 0.360 e. The van der Waals surface area contributed by atoms with Crippen LogP contribution in [-0.4, -0.2) is 60.0 Å². The Bertz CT molecular complexity index is 1420. The van der Waals surface area contributed by atoms with Gasteiger partial charge in [-0.2, -0.15) is 0 Å². The number of nitrogens with one attached hydrogen (secondary N) is 1. The van der Waals surface area contributed by atoms with Crippen molar-refractivity contribution in [2.24, 2.45) is 4.99 Å². The fourth-order valence-corrected chi connectivity index (χ4v) is 6.52. The Labute approximate surface area is 237 Å². The molecular formula is C28H32ClF3N4O3S. The molecule has 2 aliphatic heterocycles. The van der Waals surface area contributed by atoms with Gasteiger partial charge in [-0.3, -0.25) is 14.1 Å². The maximum absolute atomic E-state index is 14.1. The van der Waals surface area contributed by atoms with E-state index in [1.165, 1.54) is 35.2 Å². The lowest BCUT2D eigenvalue weighted by Crippen LogP contribution is -2.57. The Morgan fingerprint density at radius 1 is 1.23 bits per heavy atom. The monoisotopic (exact) mass is 596 g/mol. The van der Waals surface area contributed by atoms with Crippen molar-refractivity contribution in [3.8, 4) is 0 Å². The summed E-state index contributed by atoms with van der Waals surface area (Å²) in [7, 11) is -4.05. The van der Waals surface area contributed by atoms with E-state index < -0.39 is 45.8 Å². The third-order valence-corrected chi connectivity index (χ3v) is 9.18. The second-order valence-electron chi connectivity index (χ2n) is 10.6. The number of aliphatic imine (C=N–C) groups is 1. The molecule has 0 saturated carbocycles. The van der Waals surface area contributed by atoms with E-state index in [0.717, 1.165) is 4.31 Å². The average Bonchev–Trinajstić information content (AvgIpc) is 3.21. The molecule has 0 unspecified atom stereocenters. The van der Waals surface area contributed by atoms with Gasteiger partial charge in [0.15, 0.2) is 0 Å². The molecule has 0 spiro atoms. The van der Waals surface area contributed by atoms with Gasteiger partial charge >= 0.3 is 0 Å². The van der Waals surface area contributed by atoms with Crippen molar-refractivity contribution < 1.29 is 26.4 Å². The quantitative estimate of drug-likeness (QED) is 0.422. The molecule has 0 aliphatic carbocycles. The molecule has 2 aromatic carbocycles. The number of rotatable bonds is 9. The SMILES string of the molecule is C=C(CCC1=NC(C)(C)[C@H](C(=O)N2CCCC(F)(F)C2)N1)N(Cc1ccc(Cl)c(F)c1)S(=O)(=O)c1ccccc1. The van der Waals surface area contributed by atoms with Gasteiger partial charge < -0.3 is 10.2 Å². The van der Waals surface area contributed by atoms with Gasteiger partial charge in [0.25, 0.3) is 15.9 Å². The second-order valence-corrected chi connectivity index (χ2v) is 12.9. The predicted octanol–water partition coefficient (Wildman–Crippen LogP) is 5.37. The first-order valence-corrected chi connectivity index (χ1v) is 14.7. The summed E-state index contributed by atoms with van der Waals surface area (Å²) in [6.07, 6.45) is 0.348. The summed E-state index contributed by atoms with van der Waals surface area (Å²) in [5, 5.41) is 3.00. The van der Waals surface area contributed by atoms with Crippen molar-refractivity contribution >= 4 is 33.4 Å². The Morgan fingerprint density at radius 2 is 1.93 bits per heavy atom. The zero-order valence-corrected chi connectivity index (χ0v) is 23.9. The summed E-state index contributed by atoms with van der Waals surface area (Å²) in [5.41, 5.74) is -0.284. The van der Waals surface area contributed by atoms with Gasteiger partial charge in [0.05, 0.1) is 34.4 Å². The normalized spacial score (nSPS) is 20.0. The molecule has 12 heteroatoms. The van der Waals surface area contributed by atoms with Crippen LogP contribution in [0.1, 0.15) is 45.1 Å². The fourth-order valence-electron chi connectivity index (χ4n) is 4.89. The maximum Gasteiger partial charge on any atom is 0.265 e. The molecule has 2 aromatic rings. The molecule has 1 saturated heterocycles. The summed E-state index contributed by atoms with van der Waals surface area (Å²) in [6.45, 7) is 6.95. The van der Waals surface area contributed by atoms with Crippen molar-refractivity contribution in [1.29, 1.82) is 0 Å². The number of allylic oxidation sites excluding steroid dienone is 1. The fraction of sp³-hybridized carbons (Fsp3) is 0.429. The third kappa shape index (κ3) is 6.63. The van der Waals surface area contributed by atoms with E-state index in [9.17, 15) is 26.4 Å². The summed E-state index contributed by atoms with van der Waals surface area (Å²) >= 11 is 5.80. The number of amides is 1. The molecule has 2 aliphatic rings. The molecule has 40 heavy (non-hydrogen) atoms. The number of alkyl halides is 2. The number of hydrogen-bond acceptors (Lipinski definition) is 5. The number of nitrogens with zero attached hydrogens (tertiary/aromatic N) is 3. The molecule has 1 fully saturated rings. The van der Waals surface area contributed by atoms with E-state index in [-0.39, 0.29) is 54.4 Å². The van der Waals surface area contributed by atoms with Crippen LogP contribution in [0.5, 0.6) is 0 Å². The van der Waals surface area contributed by atoms with Crippen LogP contribution in [0.15, 0.2) is 70.7 Å². The van der Waals surface area contributed by atoms with Crippen molar-refractivity contribution in [2.45, 2.75) is 68.5 Å². The first-order chi connectivity index (χ1) is 18.7. The van der Waals surface area contributed by atoms with Crippen LogP contribution in [0.3, 0.4) is 0 Å². The van der Waals surface area contributed by atoms with E-state index in [2.05, 4.69) is 16.9 Å². The van der Waals surface area contributed by atoms with Gasteiger partial charge in [0, 0.05) is 25.1 Å². The highest BCUT2D eigenvalue weighted by Gasteiger charge is 2.46. The minimum atomic E-state index is -4.05. The van der Waals surface area contributed by atoms with Gasteiger partial charge in [-0.05, 0) is 56.5 Å². The van der Waals surface area contributed by atoms with E-state index in [0.29, 0.717) is 11.4 Å². The number of sulfonamides is 1. The summed E-state index contributed by atoms with van der Waals surface area (Å²) < 4.78 is 70.3. The Kier molecular flexibility index (Phi) is 8.56. The van der Waals surface area contributed by atoms with Crippen molar-refractivity contribution in [3.63, 3.8) is 0 Å². The maximum atomic E-state index is 14.1. The number of halogens is 4. The number of benzene rings is 2. The number of carbonyl (C=O) groups excluding carboxylic acids is 1. The van der Waals surface area contributed by atoms with Gasteiger partial charge in [0.2, 0.25) is 5.91 Å². The number of hydrogen-bond donors (Lipinski definition) is 1.